The van der Waals surface area contributed by atoms with Crippen molar-refractivity contribution in [3.05, 3.63) is 58.4 Å². The Morgan fingerprint density at radius 1 is 1.11 bits per heavy atom. The number of carbonyl (C=O) groups is 2. The van der Waals surface area contributed by atoms with Crippen molar-refractivity contribution >= 4 is 11.6 Å². The molecule has 2 aliphatic rings. The van der Waals surface area contributed by atoms with Gasteiger partial charge in [0.15, 0.2) is 11.5 Å². The molecule has 0 amide bonds. The van der Waals surface area contributed by atoms with E-state index in [4.69, 9.17) is 4.74 Å². The fourth-order valence-corrected chi connectivity index (χ4v) is 2.56. The van der Waals surface area contributed by atoms with E-state index in [0.717, 1.165) is 12.0 Å². The molecular weight excluding hydrogens is 240 g/mol. The molecule has 3 heteroatoms. The van der Waals surface area contributed by atoms with Gasteiger partial charge >= 0.3 is 0 Å². The van der Waals surface area contributed by atoms with Crippen LogP contribution >= 0.6 is 0 Å². The summed E-state index contributed by atoms with van der Waals surface area (Å²) in [5.74, 6) is -0.111. The summed E-state index contributed by atoms with van der Waals surface area (Å²) in [6.45, 7) is 3.91. The first-order chi connectivity index (χ1) is 9.13. The van der Waals surface area contributed by atoms with Crippen LogP contribution in [0, 0.1) is 0 Å². The standard InChI is InChI=1S/C16H14O3/c1-3-10-8-13-14(17)11-6-4-5-7-12(11)15(18)16(13)19-9(10)2/h4-9H,3H2,1-2H3. The van der Waals surface area contributed by atoms with E-state index >= 15 is 0 Å². The number of hydrogen-bond donors (Lipinski definition) is 0. The Kier molecular flexibility index (Phi) is 2.63. The Hall–Kier alpha value is -2.16. The molecule has 1 aliphatic heterocycles. The molecule has 0 saturated carbocycles. The van der Waals surface area contributed by atoms with E-state index in [-0.39, 0.29) is 23.4 Å². The Morgan fingerprint density at radius 2 is 1.74 bits per heavy atom. The minimum atomic E-state index is -0.191. The van der Waals surface area contributed by atoms with Crippen LogP contribution in [0.3, 0.4) is 0 Å². The van der Waals surface area contributed by atoms with Crippen molar-refractivity contribution in [2.75, 3.05) is 0 Å². The first kappa shape index (κ1) is 11.9. The first-order valence-corrected chi connectivity index (χ1v) is 6.43. The lowest BCUT2D eigenvalue weighted by Crippen LogP contribution is -2.29. The van der Waals surface area contributed by atoms with Gasteiger partial charge in [0.2, 0.25) is 5.78 Å². The quantitative estimate of drug-likeness (QED) is 0.773. The van der Waals surface area contributed by atoms with Crippen molar-refractivity contribution in [1.29, 1.82) is 0 Å². The van der Waals surface area contributed by atoms with E-state index < -0.39 is 0 Å². The Labute approximate surface area is 111 Å². The highest BCUT2D eigenvalue weighted by Crippen LogP contribution is 2.33. The van der Waals surface area contributed by atoms with Crippen molar-refractivity contribution in [2.24, 2.45) is 0 Å². The van der Waals surface area contributed by atoms with Crippen molar-refractivity contribution in [3.8, 4) is 0 Å². The molecule has 1 aromatic carbocycles. The number of rotatable bonds is 1. The second kappa shape index (κ2) is 4.19. The van der Waals surface area contributed by atoms with Crippen LogP contribution in [-0.2, 0) is 4.74 Å². The molecule has 1 aromatic rings. The van der Waals surface area contributed by atoms with Gasteiger partial charge in [-0.2, -0.15) is 0 Å². The summed E-state index contributed by atoms with van der Waals surface area (Å²) in [6.07, 6.45) is 2.48. The number of allylic oxidation sites excluding steroid dienone is 3. The summed E-state index contributed by atoms with van der Waals surface area (Å²) in [5.41, 5.74) is 2.35. The van der Waals surface area contributed by atoms with Gasteiger partial charge in [-0.3, -0.25) is 9.59 Å². The number of ketones is 2. The molecule has 1 unspecified atom stereocenters. The summed E-state index contributed by atoms with van der Waals surface area (Å²) in [4.78, 5) is 24.8. The molecule has 3 rings (SSSR count). The SMILES string of the molecule is CCC1=CC2=C(OC1C)C(=O)c1ccccc1C2=O. The van der Waals surface area contributed by atoms with Crippen molar-refractivity contribution in [1.82, 2.24) is 0 Å². The van der Waals surface area contributed by atoms with Crippen LogP contribution in [0.25, 0.3) is 0 Å². The third-order valence-electron chi connectivity index (χ3n) is 3.67. The minimum absolute atomic E-state index is 0.122. The molecule has 0 fully saturated rings. The molecular formula is C16H14O3. The summed E-state index contributed by atoms with van der Waals surface area (Å²) < 4.78 is 5.67. The van der Waals surface area contributed by atoms with Gasteiger partial charge in [-0.15, -0.1) is 0 Å². The van der Waals surface area contributed by atoms with Crippen LogP contribution in [0.5, 0.6) is 0 Å². The van der Waals surface area contributed by atoms with E-state index in [1.165, 1.54) is 0 Å². The molecule has 0 bridgehead atoms. The maximum absolute atomic E-state index is 12.4. The lowest BCUT2D eigenvalue weighted by Gasteiger charge is -2.28. The van der Waals surface area contributed by atoms with Crippen LogP contribution in [0.4, 0.5) is 0 Å². The average molecular weight is 254 g/mol. The predicted octanol–water partition coefficient (Wildman–Crippen LogP) is 3.07. The smallest absolute Gasteiger partial charge is 0.229 e. The van der Waals surface area contributed by atoms with E-state index in [0.29, 0.717) is 16.7 Å². The number of fused-ring (bicyclic) bond motifs is 1. The van der Waals surface area contributed by atoms with Gasteiger partial charge in [0.05, 0.1) is 5.57 Å². The zero-order valence-electron chi connectivity index (χ0n) is 10.9. The van der Waals surface area contributed by atoms with Gasteiger partial charge in [-0.25, -0.2) is 0 Å². The highest BCUT2D eigenvalue weighted by atomic mass is 16.5. The molecule has 1 aliphatic carbocycles. The van der Waals surface area contributed by atoms with Gasteiger partial charge in [0.25, 0.3) is 0 Å². The molecule has 96 valence electrons. The molecule has 0 aromatic heterocycles. The number of hydrogen-bond acceptors (Lipinski definition) is 3. The molecule has 1 heterocycles. The van der Waals surface area contributed by atoms with Crippen LogP contribution in [0.2, 0.25) is 0 Å². The fraction of sp³-hybridized carbons (Fsp3) is 0.250. The van der Waals surface area contributed by atoms with E-state index in [1.54, 1.807) is 24.3 Å². The number of Topliss-reactive ketones (excluding diaryl/α,β-unsaturated/α-hetero) is 2. The Balaban J connectivity index is 2.19. The summed E-state index contributed by atoms with van der Waals surface area (Å²) in [7, 11) is 0. The summed E-state index contributed by atoms with van der Waals surface area (Å²) >= 11 is 0. The van der Waals surface area contributed by atoms with Gasteiger partial charge in [0.1, 0.15) is 6.10 Å². The minimum Gasteiger partial charge on any atom is -0.481 e. The lowest BCUT2D eigenvalue weighted by molar-refractivity contribution is 0.0804. The Morgan fingerprint density at radius 3 is 2.37 bits per heavy atom. The number of benzene rings is 1. The third-order valence-corrected chi connectivity index (χ3v) is 3.67. The van der Waals surface area contributed by atoms with Gasteiger partial charge < -0.3 is 4.74 Å². The summed E-state index contributed by atoms with van der Waals surface area (Å²) in [5, 5.41) is 0. The largest absolute Gasteiger partial charge is 0.481 e. The van der Waals surface area contributed by atoms with Crippen LogP contribution in [0.1, 0.15) is 41.0 Å². The van der Waals surface area contributed by atoms with Gasteiger partial charge in [0, 0.05) is 11.1 Å². The van der Waals surface area contributed by atoms with Crippen LogP contribution in [0.15, 0.2) is 47.2 Å². The highest BCUT2D eigenvalue weighted by Gasteiger charge is 2.35. The van der Waals surface area contributed by atoms with Crippen LogP contribution in [-0.4, -0.2) is 17.7 Å². The maximum Gasteiger partial charge on any atom is 0.229 e. The maximum atomic E-state index is 12.4. The second-order valence-corrected chi connectivity index (χ2v) is 4.78. The highest BCUT2D eigenvalue weighted by molar-refractivity contribution is 6.27. The zero-order valence-corrected chi connectivity index (χ0v) is 10.9. The van der Waals surface area contributed by atoms with E-state index in [1.807, 2.05) is 19.9 Å². The topological polar surface area (TPSA) is 43.4 Å². The molecule has 0 spiro atoms. The van der Waals surface area contributed by atoms with Crippen molar-refractivity contribution in [2.45, 2.75) is 26.4 Å². The summed E-state index contributed by atoms with van der Waals surface area (Å²) in [6, 6.07) is 6.89. The second-order valence-electron chi connectivity index (χ2n) is 4.78. The Bertz CT molecular complexity index is 650. The fourth-order valence-electron chi connectivity index (χ4n) is 2.56. The van der Waals surface area contributed by atoms with E-state index in [2.05, 4.69) is 0 Å². The van der Waals surface area contributed by atoms with Gasteiger partial charge in [-0.05, 0) is 25.0 Å². The van der Waals surface area contributed by atoms with Gasteiger partial charge in [-0.1, -0.05) is 31.2 Å². The van der Waals surface area contributed by atoms with Crippen LogP contribution < -0.4 is 0 Å². The molecule has 0 radical (unpaired) electrons. The third kappa shape index (κ3) is 1.65. The normalized spacial score (nSPS) is 21.6. The van der Waals surface area contributed by atoms with E-state index in [9.17, 15) is 9.59 Å². The molecule has 0 saturated heterocycles. The van der Waals surface area contributed by atoms with Crippen molar-refractivity contribution < 1.29 is 14.3 Å². The first-order valence-electron chi connectivity index (χ1n) is 6.43. The van der Waals surface area contributed by atoms with Crippen molar-refractivity contribution in [3.63, 3.8) is 0 Å². The zero-order chi connectivity index (χ0) is 13.6. The number of ether oxygens (including phenoxy) is 1. The lowest BCUT2D eigenvalue weighted by atomic mass is 9.85. The monoisotopic (exact) mass is 254 g/mol. The molecule has 3 nitrogen and oxygen atoms in total. The molecule has 0 N–H and O–H groups in total. The average Bonchev–Trinajstić information content (AvgIpc) is 2.44. The molecule has 1 atom stereocenters. The number of carbonyl (C=O) groups excluding carboxylic acids is 2. The predicted molar refractivity (Wildman–Crippen MR) is 71.1 cm³/mol. The molecule has 19 heavy (non-hydrogen) atoms.